The van der Waals surface area contributed by atoms with Crippen LogP contribution in [0.1, 0.15) is 33.5 Å². The standard InChI is InChI=1S/C25H24ClNO6/c1-31-17-9-7-15(20(12-17)32-2)13-27-22-18-10-8-16(26)11-14(18)5-4-6-19(22)23(28)21(24(27)29)25(30)33-3/h7-12,28H,4-6,13H2,1-3H3. The summed E-state index contributed by atoms with van der Waals surface area (Å²) in [6, 6.07) is 10.8. The summed E-state index contributed by atoms with van der Waals surface area (Å²) >= 11 is 6.24. The lowest BCUT2D eigenvalue weighted by molar-refractivity contribution is 0.0594. The maximum atomic E-state index is 13.6. The van der Waals surface area contributed by atoms with Gasteiger partial charge in [0, 0.05) is 27.8 Å². The third-order valence-corrected chi connectivity index (χ3v) is 6.18. The minimum Gasteiger partial charge on any atom is -0.506 e. The van der Waals surface area contributed by atoms with Crippen molar-refractivity contribution in [3.8, 4) is 28.5 Å². The average molecular weight is 470 g/mol. The van der Waals surface area contributed by atoms with Gasteiger partial charge in [0.2, 0.25) is 0 Å². The molecule has 7 nitrogen and oxygen atoms in total. The normalized spacial score (nSPS) is 12.4. The Balaban J connectivity index is 2.04. The molecule has 1 aliphatic carbocycles. The van der Waals surface area contributed by atoms with Crippen molar-refractivity contribution in [1.29, 1.82) is 0 Å². The number of fused-ring (bicyclic) bond motifs is 3. The van der Waals surface area contributed by atoms with Gasteiger partial charge >= 0.3 is 5.97 Å². The number of nitrogens with zero attached hydrogens (tertiary/aromatic N) is 1. The average Bonchev–Trinajstić information content (AvgIpc) is 3.01. The molecule has 1 heterocycles. The number of hydrogen-bond acceptors (Lipinski definition) is 6. The molecule has 0 radical (unpaired) electrons. The molecule has 0 bridgehead atoms. The van der Waals surface area contributed by atoms with Crippen LogP contribution in [0.25, 0.3) is 11.3 Å². The summed E-state index contributed by atoms with van der Waals surface area (Å²) in [6.07, 6.45) is 1.92. The molecule has 1 N–H and O–H groups in total. The van der Waals surface area contributed by atoms with Crippen LogP contribution in [0, 0.1) is 0 Å². The van der Waals surface area contributed by atoms with Gasteiger partial charge in [-0.05, 0) is 49.1 Å². The van der Waals surface area contributed by atoms with Crippen LogP contribution in [0.15, 0.2) is 41.2 Å². The Labute approximate surface area is 196 Å². The zero-order valence-electron chi connectivity index (χ0n) is 18.6. The summed E-state index contributed by atoms with van der Waals surface area (Å²) in [6.45, 7) is 0.112. The van der Waals surface area contributed by atoms with Crippen LogP contribution in [0.4, 0.5) is 0 Å². The first-order valence-electron chi connectivity index (χ1n) is 10.5. The number of carbonyl (C=O) groups excluding carboxylic acids is 1. The molecule has 2 aromatic carbocycles. The van der Waals surface area contributed by atoms with Crippen molar-refractivity contribution in [2.45, 2.75) is 25.8 Å². The minimum atomic E-state index is -0.878. The van der Waals surface area contributed by atoms with Gasteiger partial charge in [0.25, 0.3) is 5.56 Å². The van der Waals surface area contributed by atoms with E-state index in [9.17, 15) is 14.7 Å². The topological polar surface area (TPSA) is 87.0 Å². The first kappa shape index (κ1) is 22.7. The second kappa shape index (κ2) is 9.19. The number of pyridine rings is 1. The van der Waals surface area contributed by atoms with Crippen LogP contribution in [-0.2, 0) is 24.1 Å². The minimum absolute atomic E-state index is 0.112. The second-order valence-electron chi connectivity index (χ2n) is 7.77. The highest BCUT2D eigenvalue weighted by Crippen LogP contribution is 2.39. The molecule has 0 atom stereocenters. The number of esters is 1. The fourth-order valence-corrected chi connectivity index (χ4v) is 4.55. The second-order valence-corrected chi connectivity index (χ2v) is 8.20. The molecule has 0 fully saturated rings. The molecule has 0 unspecified atom stereocenters. The first-order valence-corrected chi connectivity index (χ1v) is 10.8. The summed E-state index contributed by atoms with van der Waals surface area (Å²) in [4.78, 5) is 26.1. The van der Waals surface area contributed by atoms with Gasteiger partial charge in [-0.15, -0.1) is 0 Å². The molecule has 0 saturated carbocycles. The number of aromatic hydroxyl groups is 1. The van der Waals surface area contributed by atoms with Gasteiger partial charge in [-0.3, -0.25) is 4.79 Å². The van der Waals surface area contributed by atoms with E-state index in [1.165, 1.54) is 18.8 Å². The van der Waals surface area contributed by atoms with Crippen LogP contribution in [0.3, 0.4) is 0 Å². The Hall–Kier alpha value is -3.45. The Morgan fingerprint density at radius 1 is 1.09 bits per heavy atom. The third kappa shape index (κ3) is 4.04. The van der Waals surface area contributed by atoms with Crippen molar-refractivity contribution in [3.63, 3.8) is 0 Å². The van der Waals surface area contributed by atoms with Crippen LogP contribution in [0.5, 0.6) is 17.2 Å². The monoisotopic (exact) mass is 469 g/mol. The van der Waals surface area contributed by atoms with Crippen LogP contribution < -0.4 is 15.0 Å². The van der Waals surface area contributed by atoms with Gasteiger partial charge in [-0.2, -0.15) is 0 Å². The number of hydrogen-bond donors (Lipinski definition) is 1. The fourth-order valence-electron chi connectivity index (χ4n) is 4.35. The van der Waals surface area contributed by atoms with Gasteiger partial charge < -0.3 is 23.9 Å². The van der Waals surface area contributed by atoms with Crippen molar-refractivity contribution in [2.75, 3.05) is 21.3 Å². The lowest BCUT2D eigenvalue weighted by atomic mass is 9.98. The maximum absolute atomic E-state index is 13.6. The number of ether oxygens (including phenoxy) is 3. The molecule has 1 aromatic heterocycles. The largest absolute Gasteiger partial charge is 0.506 e. The zero-order valence-corrected chi connectivity index (χ0v) is 19.4. The SMILES string of the molecule is COC(=O)c1c(O)c2c(n(Cc3ccc(OC)cc3OC)c1=O)-c1ccc(Cl)cc1CCC2. The molecule has 8 heteroatoms. The molecule has 0 aliphatic heterocycles. The maximum Gasteiger partial charge on any atom is 0.347 e. The summed E-state index contributed by atoms with van der Waals surface area (Å²) in [5, 5.41) is 11.6. The van der Waals surface area contributed by atoms with E-state index in [1.54, 1.807) is 31.4 Å². The molecule has 1 aliphatic rings. The number of methoxy groups -OCH3 is 3. The predicted octanol–water partition coefficient (Wildman–Crippen LogP) is 4.22. The Kier molecular flexibility index (Phi) is 6.33. The van der Waals surface area contributed by atoms with Crippen LogP contribution >= 0.6 is 11.6 Å². The highest BCUT2D eigenvalue weighted by Gasteiger charge is 2.29. The number of benzene rings is 2. The number of halogens is 1. The Morgan fingerprint density at radius 2 is 1.88 bits per heavy atom. The molecule has 4 rings (SSSR count). The molecular weight excluding hydrogens is 446 g/mol. The van der Waals surface area contributed by atoms with Gasteiger partial charge in [-0.1, -0.05) is 17.7 Å². The highest BCUT2D eigenvalue weighted by molar-refractivity contribution is 6.30. The number of carbonyl (C=O) groups is 1. The zero-order chi connectivity index (χ0) is 23.7. The predicted molar refractivity (Wildman–Crippen MR) is 125 cm³/mol. The van der Waals surface area contributed by atoms with E-state index in [0.717, 1.165) is 24.0 Å². The summed E-state index contributed by atoms with van der Waals surface area (Å²) < 4.78 is 17.1. The van der Waals surface area contributed by atoms with Gasteiger partial charge in [-0.25, -0.2) is 4.79 Å². The molecule has 3 aromatic rings. The van der Waals surface area contributed by atoms with E-state index < -0.39 is 11.5 Å². The van der Waals surface area contributed by atoms with E-state index in [-0.39, 0.29) is 17.9 Å². The van der Waals surface area contributed by atoms with E-state index in [1.807, 2.05) is 12.1 Å². The first-order chi connectivity index (χ1) is 15.9. The third-order valence-electron chi connectivity index (χ3n) is 5.94. The van der Waals surface area contributed by atoms with E-state index in [2.05, 4.69) is 0 Å². The van der Waals surface area contributed by atoms with E-state index in [0.29, 0.717) is 39.8 Å². The van der Waals surface area contributed by atoms with Crippen molar-refractivity contribution >= 4 is 17.6 Å². The van der Waals surface area contributed by atoms with Gasteiger partial charge in [0.1, 0.15) is 17.2 Å². The molecule has 172 valence electrons. The number of aromatic nitrogens is 1. The lowest BCUT2D eigenvalue weighted by Gasteiger charge is -2.21. The molecular formula is C25H24ClNO6. The van der Waals surface area contributed by atoms with E-state index in [4.69, 9.17) is 25.8 Å². The van der Waals surface area contributed by atoms with Crippen molar-refractivity contribution in [2.24, 2.45) is 0 Å². The highest BCUT2D eigenvalue weighted by atomic mass is 35.5. The Morgan fingerprint density at radius 3 is 2.58 bits per heavy atom. The smallest absolute Gasteiger partial charge is 0.347 e. The van der Waals surface area contributed by atoms with Crippen molar-refractivity contribution in [3.05, 3.63) is 74.0 Å². The number of aryl methyl sites for hydroxylation is 1. The molecule has 0 spiro atoms. The Bertz CT molecular complexity index is 1300. The number of rotatable bonds is 5. The summed E-state index contributed by atoms with van der Waals surface area (Å²) in [5.41, 5.74) is 2.56. The lowest BCUT2D eigenvalue weighted by Crippen LogP contribution is -2.30. The van der Waals surface area contributed by atoms with Crippen LogP contribution in [-0.4, -0.2) is 37.0 Å². The molecule has 0 amide bonds. The van der Waals surface area contributed by atoms with Crippen molar-refractivity contribution < 1.29 is 24.1 Å². The fraction of sp³-hybridized carbons (Fsp3) is 0.280. The van der Waals surface area contributed by atoms with Gasteiger partial charge in [0.15, 0.2) is 5.56 Å². The van der Waals surface area contributed by atoms with Gasteiger partial charge in [0.05, 0.1) is 33.6 Å². The quantitative estimate of drug-likeness (QED) is 0.563. The van der Waals surface area contributed by atoms with Crippen LogP contribution in [0.2, 0.25) is 5.02 Å². The molecule has 33 heavy (non-hydrogen) atoms. The van der Waals surface area contributed by atoms with Crippen molar-refractivity contribution in [1.82, 2.24) is 4.57 Å². The summed E-state index contributed by atoms with van der Waals surface area (Å²) in [7, 11) is 4.28. The van der Waals surface area contributed by atoms with E-state index >= 15 is 0 Å². The summed E-state index contributed by atoms with van der Waals surface area (Å²) in [5.74, 6) is -0.0608. The molecule has 0 saturated heterocycles.